The first kappa shape index (κ1) is 18.2. The van der Waals surface area contributed by atoms with Gasteiger partial charge in [-0.15, -0.1) is 0 Å². The average Bonchev–Trinajstić information content (AvgIpc) is 2.60. The van der Waals surface area contributed by atoms with Crippen molar-refractivity contribution in [3.63, 3.8) is 0 Å². The SMILES string of the molecule is C=C(F)/C=C\C(=C)CNc1nccnc1C(=O)Nc1ncc(Cl)cn1. The summed E-state index contributed by atoms with van der Waals surface area (Å²) < 4.78 is 12.6. The molecule has 1 amide bonds. The van der Waals surface area contributed by atoms with Crippen LogP contribution in [-0.4, -0.2) is 32.4 Å². The molecule has 0 spiro atoms. The molecule has 0 aliphatic heterocycles. The predicted octanol–water partition coefficient (Wildman–Crippen LogP) is 3.18. The summed E-state index contributed by atoms with van der Waals surface area (Å²) in [6.07, 6.45) is 8.17. The van der Waals surface area contributed by atoms with E-state index in [-0.39, 0.29) is 24.0 Å². The molecule has 0 radical (unpaired) electrons. The van der Waals surface area contributed by atoms with Gasteiger partial charge in [-0.1, -0.05) is 30.8 Å². The third-order valence-corrected chi connectivity index (χ3v) is 2.94. The lowest BCUT2D eigenvalue weighted by Gasteiger charge is -2.09. The summed E-state index contributed by atoms with van der Waals surface area (Å²) in [5.41, 5.74) is 0.615. The monoisotopic (exact) mass is 360 g/mol. The molecule has 0 aromatic carbocycles. The highest BCUT2D eigenvalue weighted by atomic mass is 35.5. The quantitative estimate of drug-likeness (QED) is 0.737. The Balaban J connectivity index is 2.06. The first-order valence-corrected chi connectivity index (χ1v) is 7.37. The van der Waals surface area contributed by atoms with Gasteiger partial charge in [0, 0.05) is 18.9 Å². The van der Waals surface area contributed by atoms with Crippen LogP contribution in [0.5, 0.6) is 0 Å². The Morgan fingerprint density at radius 1 is 1.16 bits per heavy atom. The minimum absolute atomic E-state index is 0.0488. The minimum atomic E-state index is -0.580. The summed E-state index contributed by atoms with van der Waals surface area (Å²) in [7, 11) is 0. The Labute approximate surface area is 148 Å². The lowest BCUT2D eigenvalue weighted by molar-refractivity contribution is 0.102. The van der Waals surface area contributed by atoms with E-state index in [2.05, 4.69) is 43.7 Å². The number of aromatic nitrogens is 4. The molecule has 0 fully saturated rings. The zero-order valence-electron chi connectivity index (χ0n) is 13.0. The van der Waals surface area contributed by atoms with Gasteiger partial charge in [-0.25, -0.2) is 24.3 Å². The van der Waals surface area contributed by atoms with E-state index in [1.54, 1.807) is 0 Å². The lowest BCUT2D eigenvalue weighted by atomic mass is 10.2. The number of nitrogens with one attached hydrogen (secondary N) is 2. The summed E-state index contributed by atoms with van der Waals surface area (Å²) in [4.78, 5) is 28.1. The fourth-order valence-electron chi connectivity index (χ4n) is 1.64. The first-order valence-electron chi connectivity index (χ1n) is 6.99. The van der Waals surface area contributed by atoms with Crippen molar-refractivity contribution in [3.05, 3.63) is 72.2 Å². The summed E-state index contributed by atoms with van der Waals surface area (Å²) in [5, 5.41) is 5.76. The number of hydrogen-bond donors (Lipinski definition) is 2. The van der Waals surface area contributed by atoms with Crippen molar-refractivity contribution in [2.45, 2.75) is 0 Å². The van der Waals surface area contributed by atoms with E-state index in [4.69, 9.17) is 11.6 Å². The lowest BCUT2D eigenvalue weighted by Crippen LogP contribution is -2.19. The van der Waals surface area contributed by atoms with Gasteiger partial charge in [-0.3, -0.25) is 10.1 Å². The second-order valence-corrected chi connectivity index (χ2v) is 5.16. The predicted molar refractivity (Wildman–Crippen MR) is 94.0 cm³/mol. The molecule has 2 N–H and O–H groups in total. The second-order valence-electron chi connectivity index (χ2n) is 4.72. The smallest absolute Gasteiger partial charge is 0.280 e. The molecule has 0 bridgehead atoms. The van der Waals surface area contributed by atoms with Crippen molar-refractivity contribution in [1.29, 1.82) is 0 Å². The number of allylic oxidation sites excluding steroid dienone is 2. The molecule has 0 saturated heterocycles. The number of nitrogens with zero attached hydrogens (tertiary/aromatic N) is 4. The minimum Gasteiger partial charge on any atom is -0.364 e. The maximum absolute atomic E-state index is 12.6. The maximum atomic E-state index is 12.6. The molecule has 2 aromatic heterocycles. The summed E-state index contributed by atoms with van der Waals surface area (Å²) in [6, 6.07) is 0. The Morgan fingerprint density at radius 3 is 2.52 bits per heavy atom. The van der Waals surface area contributed by atoms with E-state index in [0.29, 0.717) is 10.6 Å². The molecule has 7 nitrogen and oxygen atoms in total. The van der Waals surface area contributed by atoms with Crippen LogP contribution in [-0.2, 0) is 0 Å². The molecule has 0 aliphatic carbocycles. The van der Waals surface area contributed by atoms with Crippen LogP contribution < -0.4 is 10.6 Å². The van der Waals surface area contributed by atoms with Crippen molar-refractivity contribution < 1.29 is 9.18 Å². The zero-order valence-corrected chi connectivity index (χ0v) is 13.8. The topological polar surface area (TPSA) is 92.7 Å². The highest BCUT2D eigenvalue weighted by Crippen LogP contribution is 2.12. The normalized spacial score (nSPS) is 10.5. The van der Waals surface area contributed by atoms with Gasteiger partial charge < -0.3 is 5.32 Å². The van der Waals surface area contributed by atoms with Crippen LogP contribution in [0.1, 0.15) is 10.5 Å². The summed E-state index contributed by atoms with van der Waals surface area (Å²) in [6.45, 7) is 7.11. The Hall–Kier alpha value is -3.13. The van der Waals surface area contributed by atoms with Crippen LogP contribution in [0.2, 0.25) is 5.02 Å². The standard InChI is InChI=1S/C16H14ClFN6O/c1-10(3-4-11(2)18)7-21-14-13(19-5-6-20-14)15(25)24-16-22-8-12(17)9-23-16/h3-6,8-9H,1-2,7H2,(H,20,21)(H,22,23,24,25)/b4-3-. The molecule has 2 rings (SSSR count). The van der Waals surface area contributed by atoms with Crippen LogP contribution in [0.4, 0.5) is 16.2 Å². The largest absolute Gasteiger partial charge is 0.364 e. The Kier molecular flexibility index (Phi) is 6.30. The molecule has 2 heterocycles. The molecule has 2 aromatic rings. The van der Waals surface area contributed by atoms with E-state index in [1.807, 2.05) is 0 Å². The fourth-order valence-corrected chi connectivity index (χ4v) is 1.73. The summed E-state index contributed by atoms with van der Waals surface area (Å²) >= 11 is 5.69. The van der Waals surface area contributed by atoms with Crippen LogP contribution in [0.3, 0.4) is 0 Å². The number of carbonyl (C=O) groups is 1. The van der Waals surface area contributed by atoms with Crippen LogP contribution >= 0.6 is 11.6 Å². The second kappa shape index (κ2) is 8.65. The van der Waals surface area contributed by atoms with Crippen LogP contribution in [0, 0.1) is 0 Å². The molecule has 0 aliphatic rings. The van der Waals surface area contributed by atoms with Gasteiger partial charge in [0.2, 0.25) is 5.95 Å². The molecule has 0 atom stereocenters. The van der Waals surface area contributed by atoms with Crippen molar-refractivity contribution in [2.75, 3.05) is 17.2 Å². The van der Waals surface area contributed by atoms with Gasteiger partial charge in [0.25, 0.3) is 5.91 Å². The highest BCUT2D eigenvalue weighted by Gasteiger charge is 2.15. The molecule has 0 unspecified atom stereocenters. The van der Waals surface area contributed by atoms with E-state index >= 15 is 0 Å². The van der Waals surface area contributed by atoms with Crippen molar-refractivity contribution >= 4 is 29.3 Å². The fraction of sp³-hybridized carbons (Fsp3) is 0.0625. The number of rotatable bonds is 7. The number of carbonyl (C=O) groups excluding carboxylic acids is 1. The van der Waals surface area contributed by atoms with Gasteiger partial charge in [-0.2, -0.15) is 0 Å². The number of hydrogen-bond acceptors (Lipinski definition) is 6. The van der Waals surface area contributed by atoms with Gasteiger partial charge >= 0.3 is 0 Å². The molecular formula is C16H14ClFN6O. The van der Waals surface area contributed by atoms with Crippen molar-refractivity contribution in [3.8, 4) is 0 Å². The molecular weight excluding hydrogens is 347 g/mol. The van der Waals surface area contributed by atoms with Gasteiger partial charge in [-0.05, 0) is 11.6 Å². The average molecular weight is 361 g/mol. The zero-order chi connectivity index (χ0) is 18.2. The van der Waals surface area contributed by atoms with Crippen molar-refractivity contribution in [2.24, 2.45) is 0 Å². The highest BCUT2D eigenvalue weighted by molar-refractivity contribution is 6.30. The summed E-state index contributed by atoms with van der Waals surface area (Å²) in [5.74, 6) is -0.803. The third-order valence-electron chi connectivity index (χ3n) is 2.74. The molecule has 9 heteroatoms. The van der Waals surface area contributed by atoms with Crippen molar-refractivity contribution in [1.82, 2.24) is 19.9 Å². The Bertz CT molecular complexity index is 822. The number of anilines is 2. The van der Waals surface area contributed by atoms with Gasteiger partial charge in [0.05, 0.1) is 17.4 Å². The first-order chi connectivity index (χ1) is 12.0. The van der Waals surface area contributed by atoms with Crippen LogP contribution in [0.25, 0.3) is 0 Å². The van der Waals surface area contributed by atoms with E-state index < -0.39 is 11.7 Å². The Morgan fingerprint density at radius 2 is 1.84 bits per heavy atom. The third kappa shape index (κ3) is 5.78. The molecule has 25 heavy (non-hydrogen) atoms. The van der Waals surface area contributed by atoms with Crippen LogP contribution in [0.15, 0.2) is 61.5 Å². The van der Waals surface area contributed by atoms with E-state index in [9.17, 15) is 9.18 Å². The van der Waals surface area contributed by atoms with Gasteiger partial charge in [0.15, 0.2) is 11.5 Å². The number of amides is 1. The van der Waals surface area contributed by atoms with E-state index in [0.717, 1.165) is 0 Å². The number of halogens is 2. The van der Waals surface area contributed by atoms with E-state index in [1.165, 1.54) is 36.9 Å². The molecule has 128 valence electrons. The maximum Gasteiger partial charge on any atom is 0.280 e. The van der Waals surface area contributed by atoms with Gasteiger partial charge in [0.1, 0.15) is 5.83 Å². The molecule has 0 saturated carbocycles.